The van der Waals surface area contributed by atoms with Crippen molar-refractivity contribution < 1.29 is 24.2 Å². The number of methoxy groups -OCH3 is 2. The van der Waals surface area contributed by atoms with E-state index < -0.39 is 17.7 Å². The van der Waals surface area contributed by atoms with Crippen LogP contribution in [0.2, 0.25) is 0 Å². The van der Waals surface area contributed by atoms with Crippen LogP contribution in [0.4, 0.5) is 0 Å². The van der Waals surface area contributed by atoms with Crippen LogP contribution in [0.5, 0.6) is 5.75 Å². The second-order valence-electron chi connectivity index (χ2n) is 6.45. The molecule has 1 aromatic heterocycles. The SMILES string of the molecule is COCCN1C(=O)C(=O)C(=C(O)c2ccc(OC)cc2C)C1c1ccncc1. The molecule has 146 valence electrons. The van der Waals surface area contributed by atoms with Crippen LogP contribution in [0.15, 0.2) is 48.3 Å². The van der Waals surface area contributed by atoms with E-state index in [2.05, 4.69) is 4.98 Å². The maximum Gasteiger partial charge on any atom is 0.295 e. The molecule has 1 aromatic carbocycles. The molecule has 0 saturated carbocycles. The number of ether oxygens (including phenoxy) is 2. The molecule has 7 nitrogen and oxygen atoms in total. The van der Waals surface area contributed by atoms with Gasteiger partial charge >= 0.3 is 0 Å². The van der Waals surface area contributed by atoms with Gasteiger partial charge in [0.15, 0.2) is 0 Å². The maximum absolute atomic E-state index is 12.8. The van der Waals surface area contributed by atoms with Gasteiger partial charge < -0.3 is 19.5 Å². The van der Waals surface area contributed by atoms with Crippen LogP contribution in [-0.2, 0) is 14.3 Å². The van der Waals surface area contributed by atoms with E-state index in [1.165, 1.54) is 12.0 Å². The number of ketones is 1. The number of rotatable bonds is 6. The molecule has 0 bridgehead atoms. The first-order valence-corrected chi connectivity index (χ1v) is 8.81. The van der Waals surface area contributed by atoms with Gasteiger partial charge in [-0.1, -0.05) is 0 Å². The lowest BCUT2D eigenvalue weighted by atomic mass is 9.94. The number of nitrogens with zero attached hydrogens (tertiary/aromatic N) is 2. The number of aliphatic hydroxyl groups excluding tert-OH is 1. The largest absolute Gasteiger partial charge is 0.507 e. The summed E-state index contributed by atoms with van der Waals surface area (Å²) in [4.78, 5) is 30.9. The molecule has 1 atom stereocenters. The lowest BCUT2D eigenvalue weighted by molar-refractivity contribution is -0.140. The number of benzene rings is 1. The number of carbonyl (C=O) groups excluding carboxylic acids is 2. The van der Waals surface area contributed by atoms with Gasteiger partial charge in [-0.15, -0.1) is 0 Å². The number of aliphatic hydroxyl groups is 1. The van der Waals surface area contributed by atoms with E-state index in [9.17, 15) is 14.7 Å². The molecule has 1 amide bonds. The van der Waals surface area contributed by atoms with Crippen LogP contribution in [0.1, 0.15) is 22.7 Å². The molecule has 1 unspecified atom stereocenters. The van der Waals surface area contributed by atoms with Crippen molar-refractivity contribution >= 4 is 17.4 Å². The average molecular weight is 382 g/mol. The number of amides is 1. The van der Waals surface area contributed by atoms with Crippen molar-refractivity contribution in [3.8, 4) is 5.75 Å². The number of carbonyl (C=O) groups is 2. The van der Waals surface area contributed by atoms with Crippen LogP contribution < -0.4 is 4.74 Å². The van der Waals surface area contributed by atoms with Crippen molar-refractivity contribution in [1.29, 1.82) is 0 Å². The Hall–Kier alpha value is -3.19. The minimum atomic E-state index is -0.717. The summed E-state index contributed by atoms with van der Waals surface area (Å²) in [7, 11) is 3.08. The molecule has 2 aromatic rings. The van der Waals surface area contributed by atoms with Gasteiger partial charge in [-0.2, -0.15) is 0 Å². The highest BCUT2D eigenvalue weighted by molar-refractivity contribution is 6.46. The first-order valence-electron chi connectivity index (χ1n) is 8.81. The molecular formula is C21H22N2O5. The van der Waals surface area contributed by atoms with Crippen molar-refractivity contribution in [2.24, 2.45) is 0 Å². The Bertz CT molecular complexity index is 924. The Balaban J connectivity index is 2.16. The van der Waals surface area contributed by atoms with Gasteiger partial charge in [-0.05, 0) is 48.4 Å². The molecule has 1 aliphatic rings. The highest BCUT2D eigenvalue weighted by Crippen LogP contribution is 2.39. The Morgan fingerprint density at radius 3 is 2.50 bits per heavy atom. The van der Waals surface area contributed by atoms with Crippen LogP contribution >= 0.6 is 0 Å². The number of pyridine rings is 1. The van der Waals surface area contributed by atoms with Gasteiger partial charge in [0.25, 0.3) is 11.7 Å². The van der Waals surface area contributed by atoms with Crippen LogP contribution in [-0.4, -0.2) is 54.1 Å². The summed E-state index contributed by atoms with van der Waals surface area (Å²) < 4.78 is 10.3. The fourth-order valence-electron chi connectivity index (χ4n) is 3.37. The molecule has 2 heterocycles. The molecule has 0 spiro atoms. The van der Waals surface area contributed by atoms with Crippen LogP contribution in [0.25, 0.3) is 5.76 Å². The van der Waals surface area contributed by atoms with E-state index in [0.29, 0.717) is 16.9 Å². The zero-order valence-corrected chi connectivity index (χ0v) is 16.0. The molecule has 1 N–H and O–H groups in total. The molecule has 7 heteroatoms. The summed E-state index contributed by atoms with van der Waals surface area (Å²) in [6.07, 6.45) is 3.18. The van der Waals surface area contributed by atoms with Crippen molar-refractivity contribution in [2.75, 3.05) is 27.4 Å². The summed E-state index contributed by atoms with van der Waals surface area (Å²) >= 11 is 0. The van der Waals surface area contributed by atoms with E-state index in [4.69, 9.17) is 9.47 Å². The summed E-state index contributed by atoms with van der Waals surface area (Å²) in [5.41, 5.74) is 1.96. The van der Waals surface area contributed by atoms with Gasteiger partial charge in [-0.25, -0.2) is 0 Å². The lowest BCUT2D eigenvalue weighted by Crippen LogP contribution is -2.32. The summed E-state index contributed by atoms with van der Waals surface area (Å²) in [5.74, 6) is -0.947. The van der Waals surface area contributed by atoms with Gasteiger partial charge in [0.1, 0.15) is 11.5 Å². The fraction of sp³-hybridized carbons (Fsp3) is 0.286. The normalized spacial score (nSPS) is 18.5. The highest BCUT2D eigenvalue weighted by atomic mass is 16.5. The van der Waals surface area contributed by atoms with Gasteiger partial charge in [0.2, 0.25) is 0 Å². The Morgan fingerprint density at radius 1 is 1.18 bits per heavy atom. The first-order chi connectivity index (χ1) is 13.5. The first kappa shape index (κ1) is 19.6. The van der Waals surface area contributed by atoms with Gasteiger partial charge in [0.05, 0.1) is 25.3 Å². The second-order valence-corrected chi connectivity index (χ2v) is 6.45. The molecule has 1 fully saturated rings. The fourth-order valence-corrected chi connectivity index (χ4v) is 3.37. The third kappa shape index (κ3) is 3.48. The van der Waals surface area contributed by atoms with E-state index in [1.807, 2.05) is 0 Å². The topological polar surface area (TPSA) is 89.0 Å². The minimum Gasteiger partial charge on any atom is -0.507 e. The monoisotopic (exact) mass is 382 g/mol. The minimum absolute atomic E-state index is 0.0561. The Kier molecular flexibility index (Phi) is 5.75. The molecule has 0 radical (unpaired) electrons. The maximum atomic E-state index is 12.8. The third-order valence-corrected chi connectivity index (χ3v) is 4.79. The molecule has 28 heavy (non-hydrogen) atoms. The predicted molar refractivity (Wildman–Crippen MR) is 103 cm³/mol. The summed E-state index contributed by atoms with van der Waals surface area (Å²) in [6, 6.07) is 7.88. The van der Waals surface area contributed by atoms with Gasteiger partial charge in [0, 0.05) is 31.6 Å². The Morgan fingerprint density at radius 2 is 1.89 bits per heavy atom. The number of hydrogen-bond donors (Lipinski definition) is 1. The molecule has 1 saturated heterocycles. The van der Waals surface area contributed by atoms with E-state index in [1.54, 1.807) is 56.8 Å². The van der Waals surface area contributed by atoms with Gasteiger partial charge in [-0.3, -0.25) is 14.6 Å². The summed E-state index contributed by atoms with van der Waals surface area (Å²) in [5, 5.41) is 11.0. The smallest absolute Gasteiger partial charge is 0.295 e. The van der Waals surface area contributed by atoms with Crippen LogP contribution in [0, 0.1) is 6.92 Å². The van der Waals surface area contributed by atoms with Crippen molar-refractivity contribution in [3.05, 3.63) is 65.0 Å². The predicted octanol–water partition coefficient (Wildman–Crippen LogP) is 2.47. The number of Topliss-reactive ketones (excluding diaryl/α,β-unsaturated/α-hetero) is 1. The zero-order valence-electron chi connectivity index (χ0n) is 16.0. The standard InChI is InChI=1S/C21H22N2O5/c1-13-12-15(28-3)4-5-16(13)19(24)17-18(14-6-8-22-9-7-14)23(10-11-27-2)21(26)20(17)25/h4-9,12,18,24H,10-11H2,1-3H3. The molecule has 3 rings (SSSR count). The summed E-state index contributed by atoms with van der Waals surface area (Å²) in [6.45, 7) is 2.31. The van der Waals surface area contributed by atoms with E-state index in [-0.39, 0.29) is 24.5 Å². The number of hydrogen-bond acceptors (Lipinski definition) is 6. The van der Waals surface area contributed by atoms with E-state index >= 15 is 0 Å². The van der Waals surface area contributed by atoms with Crippen molar-refractivity contribution in [2.45, 2.75) is 13.0 Å². The van der Waals surface area contributed by atoms with Crippen molar-refractivity contribution in [3.63, 3.8) is 0 Å². The number of aryl methyl sites for hydroxylation is 1. The third-order valence-electron chi connectivity index (χ3n) is 4.79. The molecule has 1 aliphatic heterocycles. The van der Waals surface area contributed by atoms with Crippen molar-refractivity contribution in [1.82, 2.24) is 9.88 Å². The number of aromatic nitrogens is 1. The lowest BCUT2D eigenvalue weighted by Gasteiger charge is -2.25. The molecule has 0 aliphatic carbocycles. The zero-order chi connectivity index (χ0) is 20.3. The van der Waals surface area contributed by atoms with E-state index in [0.717, 1.165) is 5.56 Å². The van der Waals surface area contributed by atoms with Crippen LogP contribution in [0.3, 0.4) is 0 Å². The quantitative estimate of drug-likeness (QED) is 0.469. The number of likely N-dealkylation sites (tertiary alicyclic amines) is 1. The molecular weight excluding hydrogens is 360 g/mol. The average Bonchev–Trinajstić information content (AvgIpc) is 2.97. The Labute approximate surface area is 163 Å². The highest BCUT2D eigenvalue weighted by Gasteiger charge is 2.45. The second kappa shape index (κ2) is 8.22.